The van der Waals surface area contributed by atoms with Crippen LogP contribution < -0.4 is 20.5 Å². The van der Waals surface area contributed by atoms with Crippen molar-refractivity contribution in [2.45, 2.75) is 53.0 Å². The molecule has 0 spiro atoms. The van der Waals surface area contributed by atoms with Crippen molar-refractivity contribution in [2.24, 2.45) is 5.14 Å². The lowest BCUT2D eigenvalue weighted by molar-refractivity contribution is 0.0935. The molecule has 8 heteroatoms. The molecule has 0 bridgehead atoms. The highest BCUT2D eigenvalue weighted by atomic mass is 32.1. The van der Waals surface area contributed by atoms with E-state index < -0.39 is 0 Å². The number of anilines is 1. The number of nitrogens with one attached hydrogen (secondary N) is 2. The second kappa shape index (κ2) is 13.6. The third-order valence-electron chi connectivity index (χ3n) is 6.93. The van der Waals surface area contributed by atoms with E-state index in [1.165, 1.54) is 5.56 Å². The number of carbonyl (C=O) groups is 1. The lowest BCUT2D eigenvalue weighted by Gasteiger charge is -2.24. The second-order valence-corrected chi connectivity index (χ2v) is 11.0. The number of nitrogens with two attached hydrogens (primary N) is 1. The molecule has 4 N–H and O–H groups in total. The zero-order valence-electron chi connectivity index (χ0n) is 24.9. The Bertz CT molecular complexity index is 1510. The van der Waals surface area contributed by atoms with E-state index in [1.54, 1.807) is 19.6 Å². The van der Waals surface area contributed by atoms with Crippen molar-refractivity contribution in [3.63, 3.8) is 0 Å². The van der Waals surface area contributed by atoms with Gasteiger partial charge in [-0.1, -0.05) is 75.9 Å². The van der Waals surface area contributed by atoms with Gasteiger partial charge in [0.25, 0.3) is 5.91 Å². The van der Waals surface area contributed by atoms with Crippen molar-refractivity contribution in [1.82, 2.24) is 14.9 Å². The Hall–Kier alpha value is -4.01. The summed E-state index contributed by atoms with van der Waals surface area (Å²) in [7, 11) is 1.68. The van der Waals surface area contributed by atoms with Gasteiger partial charge in [-0.3, -0.25) is 9.93 Å². The summed E-state index contributed by atoms with van der Waals surface area (Å²) < 4.78 is 7.59. The SMILES string of the molecule is C=C(Nc1cc(C(C)(C)C)cc(C)c1OC)c1ccc(C)c(-n2cnc(C(=O)NC(C)c3ccccc3)c2)c1.NS. The van der Waals surface area contributed by atoms with Gasteiger partial charge in [0.1, 0.15) is 17.8 Å². The van der Waals surface area contributed by atoms with Gasteiger partial charge in [0, 0.05) is 11.9 Å². The van der Waals surface area contributed by atoms with E-state index in [9.17, 15) is 4.79 Å². The van der Waals surface area contributed by atoms with E-state index in [1.807, 2.05) is 66.9 Å². The molecule has 0 aliphatic heterocycles. The van der Waals surface area contributed by atoms with Crippen molar-refractivity contribution >= 4 is 30.1 Å². The first-order valence-electron chi connectivity index (χ1n) is 13.4. The number of benzene rings is 3. The quantitative estimate of drug-likeness (QED) is 0.168. The van der Waals surface area contributed by atoms with Crippen LogP contribution in [0.15, 0.2) is 79.8 Å². The fraction of sp³-hybridized carbons (Fsp3) is 0.273. The molecule has 0 saturated carbocycles. The van der Waals surface area contributed by atoms with Crippen LogP contribution in [0.5, 0.6) is 5.75 Å². The molecular weight excluding hydrogens is 530 g/mol. The standard InChI is InChI=1S/C33H38N4O2.H3NS/c1-21-14-15-26(24(4)35-28-18-27(33(5,6)7)16-22(2)31(28)39-8)17-30(21)37-19-29(34-20-37)32(38)36-23(3)25-12-10-9-11-13-25;1-2/h9-20,23,35H,4H2,1-3,5-8H3,(H,36,38);2H,1H2. The molecule has 216 valence electrons. The average Bonchev–Trinajstić information content (AvgIpc) is 3.44. The number of nitrogens with zero attached hydrogens (tertiary/aromatic N) is 2. The van der Waals surface area contributed by atoms with Gasteiger partial charge in [0.05, 0.1) is 24.5 Å². The summed E-state index contributed by atoms with van der Waals surface area (Å²) >= 11 is 3.03. The van der Waals surface area contributed by atoms with Gasteiger partial charge in [0.2, 0.25) is 0 Å². The number of thiol groups is 1. The molecule has 7 nitrogen and oxygen atoms in total. The Morgan fingerprint density at radius 1 is 1.05 bits per heavy atom. The minimum absolute atomic E-state index is 0.00383. The van der Waals surface area contributed by atoms with E-state index in [0.29, 0.717) is 5.69 Å². The van der Waals surface area contributed by atoms with Gasteiger partial charge in [-0.15, -0.1) is 12.8 Å². The largest absolute Gasteiger partial charge is 0.494 e. The molecule has 3 aromatic carbocycles. The molecule has 1 atom stereocenters. The number of hydrogen-bond donors (Lipinski definition) is 4. The zero-order chi connectivity index (χ0) is 30.3. The number of imidazole rings is 1. The van der Waals surface area contributed by atoms with Gasteiger partial charge in [-0.25, -0.2) is 4.98 Å². The molecule has 0 aliphatic rings. The number of aryl methyl sites for hydroxylation is 2. The summed E-state index contributed by atoms with van der Waals surface area (Å²) in [6, 6.07) is 20.2. The number of hydrogen-bond acceptors (Lipinski definition) is 6. The van der Waals surface area contributed by atoms with Crippen LogP contribution >= 0.6 is 12.8 Å². The van der Waals surface area contributed by atoms with Crippen LogP contribution in [-0.2, 0) is 5.41 Å². The lowest BCUT2D eigenvalue weighted by atomic mass is 9.85. The number of aromatic nitrogens is 2. The number of carbonyl (C=O) groups excluding carboxylic acids is 1. The van der Waals surface area contributed by atoms with Crippen LogP contribution in [0.25, 0.3) is 11.4 Å². The van der Waals surface area contributed by atoms with Crippen molar-refractivity contribution < 1.29 is 9.53 Å². The smallest absolute Gasteiger partial charge is 0.271 e. The molecule has 1 aromatic heterocycles. The predicted octanol–water partition coefficient (Wildman–Crippen LogP) is 7.16. The van der Waals surface area contributed by atoms with Crippen LogP contribution in [0.2, 0.25) is 0 Å². The third-order valence-corrected chi connectivity index (χ3v) is 6.93. The molecule has 0 radical (unpaired) electrons. The molecule has 0 fully saturated rings. The van der Waals surface area contributed by atoms with Gasteiger partial charge >= 0.3 is 0 Å². The van der Waals surface area contributed by atoms with Gasteiger partial charge in [0.15, 0.2) is 0 Å². The van der Waals surface area contributed by atoms with Crippen LogP contribution in [-0.4, -0.2) is 22.6 Å². The van der Waals surface area contributed by atoms with Crippen molar-refractivity contribution in [3.8, 4) is 11.4 Å². The monoisotopic (exact) mass is 571 g/mol. The van der Waals surface area contributed by atoms with Crippen molar-refractivity contribution in [1.29, 1.82) is 0 Å². The topological polar surface area (TPSA) is 94.2 Å². The molecule has 0 aliphatic carbocycles. The summed E-state index contributed by atoms with van der Waals surface area (Å²) in [6.45, 7) is 17.0. The van der Waals surface area contributed by atoms with Gasteiger partial charge < -0.3 is 19.9 Å². The lowest BCUT2D eigenvalue weighted by Crippen LogP contribution is -2.26. The minimum atomic E-state index is -0.216. The molecule has 4 rings (SSSR count). The van der Waals surface area contributed by atoms with E-state index in [0.717, 1.165) is 45.1 Å². The Kier molecular flexibility index (Phi) is 10.4. The molecule has 1 unspecified atom stereocenters. The van der Waals surface area contributed by atoms with Gasteiger partial charge in [-0.2, -0.15) is 0 Å². The van der Waals surface area contributed by atoms with Crippen LogP contribution in [0.4, 0.5) is 5.69 Å². The highest BCUT2D eigenvalue weighted by Gasteiger charge is 2.19. The van der Waals surface area contributed by atoms with Crippen LogP contribution in [0.1, 0.15) is 72.0 Å². The van der Waals surface area contributed by atoms with Crippen LogP contribution in [0, 0.1) is 13.8 Å². The number of ether oxygens (including phenoxy) is 1. The predicted molar refractivity (Wildman–Crippen MR) is 173 cm³/mol. The molecule has 0 saturated heterocycles. The second-order valence-electron chi connectivity index (χ2n) is 11.0. The Morgan fingerprint density at radius 3 is 2.37 bits per heavy atom. The van der Waals surface area contributed by atoms with E-state index in [2.05, 4.69) is 80.0 Å². The first-order valence-corrected chi connectivity index (χ1v) is 13.9. The Morgan fingerprint density at radius 2 is 1.73 bits per heavy atom. The number of rotatable bonds is 8. The third kappa shape index (κ3) is 7.60. The first kappa shape index (κ1) is 31.5. The maximum Gasteiger partial charge on any atom is 0.271 e. The highest BCUT2D eigenvalue weighted by molar-refractivity contribution is 7.77. The minimum Gasteiger partial charge on any atom is -0.494 e. The maximum absolute atomic E-state index is 12.9. The van der Waals surface area contributed by atoms with E-state index >= 15 is 0 Å². The van der Waals surface area contributed by atoms with E-state index in [-0.39, 0.29) is 17.4 Å². The first-order chi connectivity index (χ1) is 19.5. The van der Waals surface area contributed by atoms with E-state index in [4.69, 9.17) is 4.74 Å². The summed E-state index contributed by atoms with van der Waals surface area (Å²) in [5.41, 5.74) is 8.20. The molecular formula is C33H41N5O2S. The number of methoxy groups -OCH3 is 1. The summed E-state index contributed by atoms with van der Waals surface area (Å²) in [4.78, 5) is 17.3. The van der Waals surface area contributed by atoms with Crippen molar-refractivity contribution in [2.75, 3.05) is 12.4 Å². The fourth-order valence-electron chi connectivity index (χ4n) is 4.55. The summed E-state index contributed by atoms with van der Waals surface area (Å²) in [6.07, 6.45) is 3.43. The molecule has 1 amide bonds. The normalized spacial score (nSPS) is 11.6. The fourth-order valence-corrected chi connectivity index (χ4v) is 4.55. The maximum atomic E-state index is 12.9. The zero-order valence-corrected chi connectivity index (χ0v) is 25.8. The Balaban J connectivity index is 0.00000226. The molecule has 41 heavy (non-hydrogen) atoms. The Labute approximate surface area is 249 Å². The molecule has 4 aromatic rings. The summed E-state index contributed by atoms with van der Waals surface area (Å²) in [5, 5.41) is 10.7. The molecule has 1 heterocycles. The summed E-state index contributed by atoms with van der Waals surface area (Å²) in [5.74, 6) is 0.581. The van der Waals surface area contributed by atoms with Crippen LogP contribution in [0.3, 0.4) is 0 Å². The van der Waals surface area contributed by atoms with Gasteiger partial charge in [-0.05, 0) is 66.1 Å². The highest BCUT2D eigenvalue weighted by Crippen LogP contribution is 2.36. The number of amides is 1. The van der Waals surface area contributed by atoms with Crippen molar-refractivity contribution in [3.05, 3.63) is 113 Å². The average molecular weight is 572 g/mol.